The average Bonchev–Trinajstić information content (AvgIpc) is 2.66. The summed E-state index contributed by atoms with van der Waals surface area (Å²) < 4.78 is 0. The van der Waals surface area contributed by atoms with Crippen LogP contribution in [-0.4, -0.2) is 16.6 Å². The zero-order chi connectivity index (χ0) is 11.3. The summed E-state index contributed by atoms with van der Waals surface area (Å²) in [6.45, 7) is 1.81. The van der Waals surface area contributed by atoms with Crippen LogP contribution in [0.3, 0.4) is 0 Å². The number of carbonyl (C=O) groups is 2. The topological polar surface area (TPSA) is 49.9 Å². The Balaban J connectivity index is 2.40. The van der Waals surface area contributed by atoms with Gasteiger partial charge in [0.05, 0.1) is 11.3 Å². The minimum Gasteiger partial charge on any atom is -0.351 e. The van der Waals surface area contributed by atoms with E-state index in [0.29, 0.717) is 17.7 Å². The largest absolute Gasteiger partial charge is 0.351 e. The highest BCUT2D eigenvalue weighted by Crippen LogP contribution is 2.31. The Bertz CT molecular complexity index is 609. The Hall–Kier alpha value is -1.90. The van der Waals surface area contributed by atoms with Crippen LogP contribution in [0.25, 0.3) is 10.9 Å². The molecule has 3 nitrogen and oxygen atoms in total. The molecule has 1 unspecified atom stereocenters. The number of Topliss-reactive ketones (excluding diaryl/α,β-unsaturated/α-hetero) is 2. The Kier molecular flexibility index (Phi) is 1.78. The molecule has 0 aliphatic heterocycles. The van der Waals surface area contributed by atoms with Crippen LogP contribution in [0.15, 0.2) is 24.3 Å². The van der Waals surface area contributed by atoms with Crippen molar-refractivity contribution in [1.82, 2.24) is 4.98 Å². The molecule has 1 aromatic carbocycles. The Morgan fingerprint density at radius 2 is 2.00 bits per heavy atom. The van der Waals surface area contributed by atoms with E-state index in [1.165, 1.54) is 0 Å². The number of hydrogen-bond donors (Lipinski definition) is 1. The summed E-state index contributed by atoms with van der Waals surface area (Å²) in [5.74, 6) is -0.0791. The van der Waals surface area contributed by atoms with E-state index in [4.69, 9.17) is 0 Å². The summed E-state index contributed by atoms with van der Waals surface area (Å²) in [5.41, 5.74) is 1.94. The molecule has 0 amide bonds. The first kappa shape index (κ1) is 9.33. The van der Waals surface area contributed by atoms with E-state index in [9.17, 15) is 9.59 Å². The number of nitrogens with one attached hydrogen (secondary N) is 1. The normalized spacial score (nSPS) is 20.2. The standard InChI is InChI=1S/C13H11NO2/c1-7-6-10(15)12-11(13(7)16)8-4-2-3-5-9(8)14-12/h2-5,7,14H,6H2,1H3. The minimum absolute atomic E-state index is 0.0401. The van der Waals surface area contributed by atoms with E-state index in [-0.39, 0.29) is 17.5 Å². The maximum Gasteiger partial charge on any atom is 0.180 e. The summed E-state index contributed by atoms with van der Waals surface area (Å²) in [7, 11) is 0. The van der Waals surface area contributed by atoms with Crippen molar-refractivity contribution in [2.75, 3.05) is 0 Å². The lowest BCUT2D eigenvalue weighted by Gasteiger charge is -2.15. The van der Waals surface area contributed by atoms with Gasteiger partial charge in [-0.2, -0.15) is 0 Å². The monoisotopic (exact) mass is 213 g/mol. The van der Waals surface area contributed by atoms with Crippen LogP contribution >= 0.6 is 0 Å². The number of aromatic nitrogens is 1. The van der Waals surface area contributed by atoms with Crippen LogP contribution in [0.4, 0.5) is 0 Å². The number of aromatic amines is 1. The number of fused-ring (bicyclic) bond motifs is 3. The molecule has 2 aromatic rings. The second kappa shape index (κ2) is 3.04. The highest BCUT2D eigenvalue weighted by molar-refractivity contribution is 6.20. The molecule has 1 aliphatic rings. The Morgan fingerprint density at radius 3 is 2.81 bits per heavy atom. The Morgan fingerprint density at radius 1 is 1.25 bits per heavy atom. The lowest BCUT2D eigenvalue weighted by molar-refractivity contribution is 0.0834. The fraction of sp³-hybridized carbons (Fsp3) is 0.231. The molecule has 1 aromatic heterocycles. The van der Waals surface area contributed by atoms with Gasteiger partial charge in [0.25, 0.3) is 0 Å². The highest BCUT2D eigenvalue weighted by atomic mass is 16.1. The molecule has 1 atom stereocenters. The third-order valence-electron chi connectivity index (χ3n) is 3.17. The smallest absolute Gasteiger partial charge is 0.180 e. The molecule has 16 heavy (non-hydrogen) atoms. The van der Waals surface area contributed by atoms with Gasteiger partial charge in [-0.15, -0.1) is 0 Å². The summed E-state index contributed by atoms with van der Waals surface area (Å²) in [5, 5.41) is 0.863. The van der Waals surface area contributed by atoms with Crippen LogP contribution in [-0.2, 0) is 0 Å². The lowest BCUT2D eigenvalue weighted by atomic mass is 9.85. The van der Waals surface area contributed by atoms with Crippen molar-refractivity contribution in [3.63, 3.8) is 0 Å². The maximum atomic E-state index is 12.1. The fourth-order valence-electron chi connectivity index (χ4n) is 2.33. The molecular weight excluding hydrogens is 202 g/mol. The Labute approximate surface area is 92.5 Å². The van der Waals surface area contributed by atoms with Crippen LogP contribution in [0.1, 0.15) is 34.2 Å². The van der Waals surface area contributed by atoms with E-state index in [2.05, 4.69) is 4.98 Å². The average molecular weight is 213 g/mol. The fourth-order valence-corrected chi connectivity index (χ4v) is 2.33. The molecule has 1 aliphatic carbocycles. The molecule has 0 spiro atoms. The van der Waals surface area contributed by atoms with E-state index in [1.54, 1.807) is 0 Å². The predicted octanol–water partition coefficient (Wildman–Crippen LogP) is 2.57. The third kappa shape index (κ3) is 1.08. The molecule has 3 heteroatoms. The highest BCUT2D eigenvalue weighted by Gasteiger charge is 2.32. The molecule has 80 valence electrons. The summed E-state index contributed by atoms with van der Waals surface area (Å²) >= 11 is 0. The zero-order valence-corrected chi connectivity index (χ0v) is 8.91. The van der Waals surface area contributed by atoms with E-state index >= 15 is 0 Å². The molecule has 1 N–H and O–H groups in total. The van der Waals surface area contributed by atoms with Gasteiger partial charge in [0, 0.05) is 23.2 Å². The van der Waals surface area contributed by atoms with Gasteiger partial charge in [-0.05, 0) is 6.07 Å². The van der Waals surface area contributed by atoms with Crippen molar-refractivity contribution in [3.05, 3.63) is 35.5 Å². The second-order valence-electron chi connectivity index (χ2n) is 4.31. The van der Waals surface area contributed by atoms with Crippen molar-refractivity contribution in [2.24, 2.45) is 5.92 Å². The molecule has 0 bridgehead atoms. The van der Waals surface area contributed by atoms with Crippen LogP contribution < -0.4 is 0 Å². The van der Waals surface area contributed by atoms with Crippen molar-refractivity contribution in [2.45, 2.75) is 13.3 Å². The number of benzene rings is 1. The molecule has 0 saturated carbocycles. The van der Waals surface area contributed by atoms with Crippen molar-refractivity contribution < 1.29 is 9.59 Å². The minimum atomic E-state index is -0.195. The molecule has 0 fully saturated rings. The number of para-hydroxylation sites is 1. The zero-order valence-electron chi connectivity index (χ0n) is 8.91. The molecule has 0 radical (unpaired) electrons. The van der Waals surface area contributed by atoms with Gasteiger partial charge in [0.15, 0.2) is 11.6 Å². The van der Waals surface area contributed by atoms with Gasteiger partial charge < -0.3 is 4.98 Å². The number of ketones is 2. The number of carbonyl (C=O) groups excluding carboxylic acids is 2. The van der Waals surface area contributed by atoms with Crippen LogP contribution in [0.5, 0.6) is 0 Å². The summed E-state index contributed by atoms with van der Waals surface area (Å²) in [6.07, 6.45) is 0.318. The lowest BCUT2D eigenvalue weighted by Crippen LogP contribution is -2.24. The molecule has 3 rings (SSSR count). The third-order valence-corrected chi connectivity index (χ3v) is 3.17. The first-order valence-electron chi connectivity index (χ1n) is 5.36. The maximum absolute atomic E-state index is 12.1. The number of hydrogen-bond acceptors (Lipinski definition) is 2. The van der Waals surface area contributed by atoms with Crippen LogP contribution in [0.2, 0.25) is 0 Å². The predicted molar refractivity (Wildman–Crippen MR) is 60.7 cm³/mol. The second-order valence-corrected chi connectivity index (χ2v) is 4.31. The quantitative estimate of drug-likeness (QED) is 0.731. The molecule has 1 heterocycles. The molecule has 0 saturated heterocycles. The van der Waals surface area contributed by atoms with Gasteiger partial charge in [-0.1, -0.05) is 25.1 Å². The first-order valence-corrected chi connectivity index (χ1v) is 5.36. The van der Waals surface area contributed by atoms with Gasteiger partial charge in [0.1, 0.15) is 0 Å². The van der Waals surface area contributed by atoms with Crippen LogP contribution in [0, 0.1) is 5.92 Å². The first-order chi connectivity index (χ1) is 7.68. The number of rotatable bonds is 0. The van der Waals surface area contributed by atoms with Crippen molar-refractivity contribution >= 4 is 22.5 Å². The van der Waals surface area contributed by atoms with Gasteiger partial charge >= 0.3 is 0 Å². The molecular formula is C13H11NO2. The van der Waals surface area contributed by atoms with E-state index in [0.717, 1.165) is 10.9 Å². The van der Waals surface area contributed by atoms with E-state index < -0.39 is 0 Å². The summed E-state index contributed by atoms with van der Waals surface area (Å²) in [6, 6.07) is 7.54. The summed E-state index contributed by atoms with van der Waals surface area (Å²) in [4.78, 5) is 26.9. The van der Waals surface area contributed by atoms with Crippen molar-refractivity contribution in [3.8, 4) is 0 Å². The van der Waals surface area contributed by atoms with Gasteiger partial charge in [-0.25, -0.2) is 0 Å². The van der Waals surface area contributed by atoms with Gasteiger partial charge in [0.2, 0.25) is 0 Å². The van der Waals surface area contributed by atoms with Crippen molar-refractivity contribution in [1.29, 1.82) is 0 Å². The SMILES string of the molecule is CC1CC(=O)c2[nH]c3ccccc3c2C1=O. The number of H-pyrrole nitrogens is 1. The van der Waals surface area contributed by atoms with Gasteiger partial charge in [-0.3, -0.25) is 9.59 Å². The van der Waals surface area contributed by atoms with E-state index in [1.807, 2.05) is 31.2 Å².